The fourth-order valence-corrected chi connectivity index (χ4v) is 6.72. The Bertz CT molecular complexity index is 1410. The predicted molar refractivity (Wildman–Crippen MR) is 245 cm³/mol. The largest absolute Gasteiger partial charge is 0.493 e. The van der Waals surface area contributed by atoms with Crippen molar-refractivity contribution in [2.75, 3.05) is 20.8 Å². The van der Waals surface area contributed by atoms with E-state index >= 15 is 0 Å². The lowest BCUT2D eigenvalue weighted by Gasteiger charge is -2.36. The molecule has 0 radical (unpaired) electrons. The zero-order valence-electron chi connectivity index (χ0n) is 38.4. The third kappa shape index (κ3) is 23.0. The molecule has 4 atom stereocenters. The molecule has 1 aromatic carbocycles. The highest BCUT2D eigenvalue weighted by Gasteiger charge is 2.60. The normalized spacial score (nSPS) is 19.3. The van der Waals surface area contributed by atoms with E-state index in [-0.39, 0.29) is 18.1 Å². The van der Waals surface area contributed by atoms with Gasteiger partial charge in [0.25, 0.3) is 0 Å². The van der Waals surface area contributed by atoms with Crippen molar-refractivity contribution >= 4 is 6.29 Å². The molecule has 0 heterocycles. The number of aliphatic hydroxyl groups is 2. The highest BCUT2D eigenvalue weighted by Crippen LogP contribution is 2.65. The van der Waals surface area contributed by atoms with Crippen LogP contribution in [-0.4, -0.2) is 43.4 Å². The highest BCUT2D eigenvalue weighted by atomic mass is 16.5. The number of methoxy groups -OCH3 is 2. The molecule has 2 bridgehead atoms. The number of aliphatic hydroxyl groups excluding tert-OH is 2. The Morgan fingerprint density at radius 1 is 0.839 bits per heavy atom. The van der Waals surface area contributed by atoms with Crippen molar-refractivity contribution in [1.82, 2.24) is 0 Å². The topological polar surface area (TPSA) is 76.0 Å². The first-order chi connectivity index (χ1) is 26.3. The Balaban J connectivity index is 0. The van der Waals surface area contributed by atoms with Crippen LogP contribution in [0.3, 0.4) is 0 Å². The Kier molecular flexibility index (Phi) is 30.0. The smallest absolute Gasteiger partial charge is 0.160 e. The van der Waals surface area contributed by atoms with Crippen LogP contribution in [-0.2, 0) is 11.2 Å². The molecule has 0 aromatic heterocycles. The molecule has 0 amide bonds. The first-order valence-electron chi connectivity index (χ1n) is 20.7. The van der Waals surface area contributed by atoms with Crippen LogP contribution in [0.5, 0.6) is 11.5 Å². The molecular weight excluding hydrogens is 693 g/mol. The minimum Gasteiger partial charge on any atom is -0.493 e. The summed E-state index contributed by atoms with van der Waals surface area (Å²) in [4.78, 5) is 10.0. The quantitative estimate of drug-likeness (QED) is 0.0993. The van der Waals surface area contributed by atoms with Gasteiger partial charge in [-0.05, 0) is 166 Å². The van der Waals surface area contributed by atoms with Crippen LogP contribution in [0.15, 0.2) is 102 Å². The summed E-state index contributed by atoms with van der Waals surface area (Å²) in [7, 11) is 3.26. The second-order valence-electron chi connectivity index (χ2n) is 16.9. The summed E-state index contributed by atoms with van der Waals surface area (Å²) in [5.41, 5.74) is 8.31. The number of hydrogen-bond donors (Lipinski definition) is 2. The summed E-state index contributed by atoms with van der Waals surface area (Å²) < 4.78 is 10.3. The van der Waals surface area contributed by atoms with Crippen LogP contribution < -0.4 is 9.47 Å². The van der Waals surface area contributed by atoms with Crippen molar-refractivity contribution in [3.63, 3.8) is 0 Å². The third-order valence-corrected chi connectivity index (χ3v) is 11.1. The first kappa shape index (κ1) is 54.7. The van der Waals surface area contributed by atoms with Crippen LogP contribution in [0.4, 0.5) is 0 Å². The van der Waals surface area contributed by atoms with Crippen molar-refractivity contribution in [3.05, 3.63) is 107 Å². The van der Waals surface area contributed by atoms with Crippen molar-refractivity contribution in [3.8, 4) is 11.5 Å². The van der Waals surface area contributed by atoms with Crippen molar-refractivity contribution in [2.24, 2.45) is 22.7 Å². The lowest BCUT2D eigenvalue weighted by molar-refractivity contribution is -0.104. The summed E-state index contributed by atoms with van der Waals surface area (Å²) >= 11 is 0. The van der Waals surface area contributed by atoms with Crippen LogP contribution in [0.25, 0.3) is 0 Å². The van der Waals surface area contributed by atoms with E-state index in [9.17, 15) is 9.90 Å². The van der Waals surface area contributed by atoms with E-state index in [4.69, 9.17) is 14.6 Å². The lowest BCUT2D eigenvalue weighted by atomic mass is 9.70. The predicted octanol–water partition coefficient (Wildman–Crippen LogP) is 13.7. The minimum atomic E-state index is -0.0313. The number of carbonyl (C=O) groups is 1. The molecule has 2 N–H and O–H groups in total. The molecular formula is C51H84O5. The molecule has 2 saturated carbocycles. The second-order valence-corrected chi connectivity index (χ2v) is 16.9. The van der Waals surface area contributed by atoms with Crippen molar-refractivity contribution in [2.45, 2.75) is 153 Å². The Hall–Kier alpha value is -3.41. The summed E-state index contributed by atoms with van der Waals surface area (Å²) in [6.45, 7) is 33.4. The monoisotopic (exact) mass is 777 g/mol. The van der Waals surface area contributed by atoms with Gasteiger partial charge in [-0.3, -0.25) is 4.79 Å². The van der Waals surface area contributed by atoms with E-state index in [1.54, 1.807) is 20.3 Å². The Labute approximate surface area is 345 Å². The third-order valence-electron chi connectivity index (χ3n) is 11.1. The number of ether oxygens (including phenoxy) is 2. The number of carbonyl (C=O) groups excluding carboxylic acids is 1. The summed E-state index contributed by atoms with van der Waals surface area (Å²) in [5.74, 6) is 2.97. The van der Waals surface area contributed by atoms with Gasteiger partial charge in [0, 0.05) is 0 Å². The van der Waals surface area contributed by atoms with E-state index in [0.717, 1.165) is 67.8 Å². The SMILES string of the molecule is C=CC(C)CCC=C(C)C.C=CCc1ccc(OC)c(OC)c1.CC(C)=CCC/C(C)=C/C=O.CC(C)=CCC/C(C)=C/CO.CC1(C)C2CCC1(C)C(O)C2. The minimum absolute atomic E-state index is 0.0313. The highest BCUT2D eigenvalue weighted by molar-refractivity contribution is 5.65. The number of aldehydes is 1. The van der Waals surface area contributed by atoms with Gasteiger partial charge in [0.1, 0.15) is 6.29 Å². The van der Waals surface area contributed by atoms with Gasteiger partial charge >= 0.3 is 0 Å². The van der Waals surface area contributed by atoms with Crippen LogP contribution in [0.2, 0.25) is 0 Å². The zero-order valence-corrected chi connectivity index (χ0v) is 38.4. The molecule has 2 aliphatic rings. The first-order valence-corrected chi connectivity index (χ1v) is 20.7. The van der Waals surface area contributed by atoms with Crippen molar-refractivity contribution in [1.29, 1.82) is 0 Å². The summed E-state index contributed by atoms with van der Waals surface area (Å²) in [6, 6.07) is 5.86. The fraction of sp³-hybridized carbons (Fsp3) is 0.588. The molecule has 2 fully saturated rings. The van der Waals surface area contributed by atoms with E-state index < -0.39 is 0 Å². The maximum atomic E-state index is 10.0. The molecule has 0 spiro atoms. The number of rotatable bonds is 16. The van der Waals surface area contributed by atoms with E-state index in [1.807, 2.05) is 43.4 Å². The number of allylic oxidation sites excluding steroid dienone is 11. The molecule has 0 aliphatic heterocycles. The molecule has 2 aliphatic carbocycles. The van der Waals surface area contributed by atoms with E-state index in [2.05, 4.69) is 108 Å². The zero-order chi connectivity index (χ0) is 43.3. The molecule has 0 saturated heterocycles. The Morgan fingerprint density at radius 3 is 1.75 bits per heavy atom. The fourth-order valence-electron chi connectivity index (χ4n) is 6.72. The number of fused-ring (bicyclic) bond motifs is 2. The summed E-state index contributed by atoms with van der Waals surface area (Å²) in [6.07, 6.45) is 25.9. The molecule has 3 rings (SSSR count). The number of hydrogen-bond acceptors (Lipinski definition) is 5. The molecule has 4 unspecified atom stereocenters. The standard InChI is InChI=1S/C11H14O2.2C10H18O.C10H16O.C10H18/c1-4-5-9-6-7-10(12-2)11(8-9)13-3;1-9(2)7-4-5-10(9,3)8(11)6-7;2*1-9(2)5-4-6-10(3)7-8-11;1-5-10(4)8-6-7-9(2)3/h4,6-8H,1,5H2,2-3H3;7-8,11H,4-6H2,1-3H3;5,7,11H,4,6,8H2,1-3H3;5,7-8H,4,6H2,1-3H3;5,7,10H,1,6,8H2,2-4H3/b;;2*10-7+;. The molecule has 1 aromatic rings. The maximum Gasteiger partial charge on any atom is 0.160 e. The van der Waals surface area contributed by atoms with E-state index in [1.165, 1.54) is 53.5 Å². The second kappa shape index (κ2) is 30.7. The van der Waals surface area contributed by atoms with Gasteiger partial charge < -0.3 is 19.7 Å². The molecule has 56 heavy (non-hydrogen) atoms. The van der Waals surface area contributed by atoms with Gasteiger partial charge in [-0.2, -0.15) is 0 Å². The van der Waals surface area contributed by atoms with Crippen LogP contribution in [0, 0.1) is 22.7 Å². The van der Waals surface area contributed by atoms with Gasteiger partial charge in [-0.15, -0.1) is 13.2 Å². The van der Waals surface area contributed by atoms with E-state index in [0.29, 0.717) is 11.3 Å². The van der Waals surface area contributed by atoms with Crippen LogP contribution >= 0.6 is 0 Å². The van der Waals surface area contributed by atoms with Crippen molar-refractivity contribution < 1.29 is 24.5 Å². The average molecular weight is 777 g/mol. The van der Waals surface area contributed by atoms with Gasteiger partial charge in [-0.25, -0.2) is 0 Å². The average Bonchev–Trinajstić information content (AvgIpc) is 3.45. The molecule has 318 valence electrons. The number of benzene rings is 1. The van der Waals surface area contributed by atoms with Gasteiger partial charge in [0.05, 0.1) is 26.9 Å². The molecule has 5 nitrogen and oxygen atoms in total. The van der Waals surface area contributed by atoms with Gasteiger partial charge in [0.2, 0.25) is 0 Å². The van der Waals surface area contributed by atoms with Gasteiger partial charge in [0.15, 0.2) is 11.5 Å². The van der Waals surface area contributed by atoms with Crippen LogP contribution in [0.1, 0.15) is 146 Å². The molecule has 5 heteroatoms. The summed E-state index contributed by atoms with van der Waals surface area (Å²) in [5, 5.41) is 18.4. The Morgan fingerprint density at radius 2 is 1.38 bits per heavy atom. The van der Waals surface area contributed by atoms with Gasteiger partial charge in [-0.1, -0.05) is 98.1 Å². The lowest BCUT2D eigenvalue weighted by Crippen LogP contribution is -2.35. The maximum absolute atomic E-state index is 10.0.